The predicted octanol–water partition coefficient (Wildman–Crippen LogP) is 0.544. The number of ether oxygens (including phenoxy) is 2. The third-order valence-electron chi connectivity index (χ3n) is 2.87. The number of urea groups is 1. The fourth-order valence-corrected chi connectivity index (χ4v) is 1.94. The molecular formula is C13H24N2O5. The quantitative estimate of drug-likeness (QED) is 0.668. The van der Waals surface area contributed by atoms with Crippen LogP contribution in [-0.4, -0.2) is 67.6 Å². The molecule has 7 heteroatoms. The number of carbonyl (C=O) groups is 2. The maximum Gasteiger partial charge on any atom is 0.317 e. The first kappa shape index (κ1) is 16.7. The molecule has 1 unspecified atom stereocenters. The Bertz CT molecular complexity index is 322. The van der Waals surface area contributed by atoms with Gasteiger partial charge in [-0.25, -0.2) is 4.79 Å². The van der Waals surface area contributed by atoms with Gasteiger partial charge in [0.05, 0.1) is 32.3 Å². The second kappa shape index (κ2) is 8.76. The SMILES string of the molecule is CC(C)COCCNC(=O)N1CCOCC1CC(=O)O. The first-order valence-corrected chi connectivity index (χ1v) is 6.92. The fourth-order valence-electron chi connectivity index (χ4n) is 1.94. The number of nitrogens with one attached hydrogen (secondary N) is 1. The molecule has 1 aliphatic heterocycles. The summed E-state index contributed by atoms with van der Waals surface area (Å²) >= 11 is 0. The highest BCUT2D eigenvalue weighted by Crippen LogP contribution is 2.10. The van der Waals surface area contributed by atoms with Crippen LogP contribution in [0.3, 0.4) is 0 Å². The molecule has 0 aromatic rings. The van der Waals surface area contributed by atoms with E-state index in [1.165, 1.54) is 4.90 Å². The summed E-state index contributed by atoms with van der Waals surface area (Å²) in [6.07, 6.45) is -0.0999. The van der Waals surface area contributed by atoms with E-state index in [2.05, 4.69) is 19.2 Å². The van der Waals surface area contributed by atoms with Crippen LogP contribution in [0.4, 0.5) is 4.79 Å². The Balaban J connectivity index is 2.30. The molecule has 116 valence electrons. The van der Waals surface area contributed by atoms with E-state index in [9.17, 15) is 9.59 Å². The molecule has 2 amide bonds. The highest BCUT2D eigenvalue weighted by atomic mass is 16.5. The monoisotopic (exact) mass is 288 g/mol. The van der Waals surface area contributed by atoms with Gasteiger partial charge < -0.3 is 24.8 Å². The predicted molar refractivity (Wildman–Crippen MR) is 72.6 cm³/mol. The number of hydrogen-bond acceptors (Lipinski definition) is 4. The van der Waals surface area contributed by atoms with Crippen molar-refractivity contribution in [2.24, 2.45) is 5.92 Å². The zero-order valence-electron chi connectivity index (χ0n) is 12.1. The molecule has 0 bridgehead atoms. The highest BCUT2D eigenvalue weighted by molar-refractivity contribution is 5.76. The number of hydrogen-bond donors (Lipinski definition) is 2. The summed E-state index contributed by atoms with van der Waals surface area (Å²) in [4.78, 5) is 24.3. The van der Waals surface area contributed by atoms with E-state index in [1.54, 1.807) is 0 Å². The van der Waals surface area contributed by atoms with Gasteiger partial charge >= 0.3 is 12.0 Å². The molecule has 0 saturated carbocycles. The van der Waals surface area contributed by atoms with Gasteiger partial charge in [-0.3, -0.25) is 4.79 Å². The number of nitrogens with zero attached hydrogens (tertiary/aromatic N) is 1. The molecule has 1 atom stereocenters. The van der Waals surface area contributed by atoms with Crippen molar-refractivity contribution in [1.29, 1.82) is 0 Å². The van der Waals surface area contributed by atoms with E-state index in [0.29, 0.717) is 38.8 Å². The molecule has 2 N–H and O–H groups in total. The summed E-state index contributed by atoms with van der Waals surface area (Å²) < 4.78 is 10.6. The van der Waals surface area contributed by atoms with Gasteiger partial charge in [0.1, 0.15) is 0 Å². The lowest BCUT2D eigenvalue weighted by Crippen LogP contribution is -2.53. The van der Waals surface area contributed by atoms with E-state index in [0.717, 1.165) is 0 Å². The van der Waals surface area contributed by atoms with Crippen molar-refractivity contribution in [3.8, 4) is 0 Å². The lowest BCUT2D eigenvalue weighted by Gasteiger charge is -2.34. The molecule has 0 aliphatic carbocycles. The van der Waals surface area contributed by atoms with Crippen molar-refractivity contribution in [1.82, 2.24) is 10.2 Å². The van der Waals surface area contributed by atoms with E-state index < -0.39 is 12.0 Å². The normalized spacial score (nSPS) is 19.1. The van der Waals surface area contributed by atoms with Crippen LogP contribution in [0.5, 0.6) is 0 Å². The second-order valence-electron chi connectivity index (χ2n) is 5.22. The fraction of sp³-hybridized carbons (Fsp3) is 0.846. The van der Waals surface area contributed by atoms with E-state index in [4.69, 9.17) is 14.6 Å². The Hall–Kier alpha value is -1.34. The number of carboxylic acid groups (broad SMARTS) is 1. The average molecular weight is 288 g/mol. The second-order valence-corrected chi connectivity index (χ2v) is 5.22. The molecular weight excluding hydrogens is 264 g/mol. The van der Waals surface area contributed by atoms with Crippen molar-refractivity contribution >= 4 is 12.0 Å². The lowest BCUT2D eigenvalue weighted by atomic mass is 10.1. The van der Waals surface area contributed by atoms with Gasteiger partial charge in [0.25, 0.3) is 0 Å². The van der Waals surface area contributed by atoms with E-state index >= 15 is 0 Å². The van der Waals surface area contributed by atoms with Crippen LogP contribution in [0, 0.1) is 5.92 Å². The molecule has 1 saturated heterocycles. The van der Waals surface area contributed by atoms with Crippen molar-refractivity contribution < 1.29 is 24.2 Å². The van der Waals surface area contributed by atoms with Crippen molar-refractivity contribution in [3.05, 3.63) is 0 Å². The van der Waals surface area contributed by atoms with Gasteiger partial charge in [-0.15, -0.1) is 0 Å². The molecule has 1 aliphatic rings. The van der Waals surface area contributed by atoms with Crippen LogP contribution in [0.15, 0.2) is 0 Å². The summed E-state index contributed by atoms with van der Waals surface area (Å²) in [6.45, 7) is 6.77. The minimum Gasteiger partial charge on any atom is -0.481 e. The van der Waals surface area contributed by atoms with Gasteiger partial charge in [-0.2, -0.15) is 0 Å². The maximum absolute atomic E-state index is 12.0. The number of morpholine rings is 1. The van der Waals surface area contributed by atoms with Crippen LogP contribution in [0.2, 0.25) is 0 Å². The third kappa shape index (κ3) is 6.21. The minimum atomic E-state index is -0.932. The largest absolute Gasteiger partial charge is 0.481 e. The number of amides is 2. The zero-order valence-corrected chi connectivity index (χ0v) is 12.1. The first-order valence-electron chi connectivity index (χ1n) is 6.92. The maximum atomic E-state index is 12.0. The number of rotatable bonds is 7. The van der Waals surface area contributed by atoms with Crippen molar-refractivity contribution in [2.75, 3.05) is 39.5 Å². The molecule has 0 aromatic heterocycles. The van der Waals surface area contributed by atoms with E-state index in [-0.39, 0.29) is 19.1 Å². The third-order valence-corrected chi connectivity index (χ3v) is 2.87. The zero-order chi connectivity index (χ0) is 15.0. The number of carboxylic acids is 1. The van der Waals surface area contributed by atoms with Crippen molar-refractivity contribution in [2.45, 2.75) is 26.3 Å². The molecule has 1 fully saturated rings. The summed E-state index contributed by atoms with van der Waals surface area (Å²) in [7, 11) is 0. The summed E-state index contributed by atoms with van der Waals surface area (Å²) in [6, 6.07) is -0.662. The van der Waals surface area contributed by atoms with Crippen LogP contribution >= 0.6 is 0 Å². The topological polar surface area (TPSA) is 88.1 Å². The van der Waals surface area contributed by atoms with E-state index in [1.807, 2.05) is 0 Å². The Morgan fingerprint density at radius 3 is 2.90 bits per heavy atom. The molecule has 20 heavy (non-hydrogen) atoms. The summed E-state index contributed by atoms with van der Waals surface area (Å²) in [5.41, 5.74) is 0. The standard InChI is InChI=1S/C13H24N2O5/c1-10(2)8-19-5-3-14-13(18)15-4-6-20-9-11(15)7-12(16)17/h10-11H,3-9H2,1-2H3,(H,14,18)(H,16,17). The molecule has 1 heterocycles. The smallest absolute Gasteiger partial charge is 0.317 e. The summed E-state index contributed by atoms with van der Waals surface area (Å²) in [5, 5.41) is 11.6. The first-order chi connectivity index (χ1) is 9.50. The van der Waals surface area contributed by atoms with Gasteiger partial charge in [0.15, 0.2) is 0 Å². The Labute approximate surface area is 119 Å². The van der Waals surface area contributed by atoms with Crippen molar-refractivity contribution in [3.63, 3.8) is 0 Å². The molecule has 7 nitrogen and oxygen atoms in total. The van der Waals surface area contributed by atoms with Gasteiger partial charge in [-0.1, -0.05) is 13.8 Å². The number of carbonyl (C=O) groups excluding carboxylic acids is 1. The van der Waals surface area contributed by atoms with Crippen LogP contribution in [0.25, 0.3) is 0 Å². The Morgan fingerprint density at radius 1 is 1.50 bits per heavy atom. The molecule has 0 spiro atoms. The number of aliphatic carboxylic acids is 1. The Morgan fingerprint density at radius 2 is 2.25 bits per heavy atom. The Kier molecular flexibility index (Phi) is 7.32. The molecule has 0 radical (unpaired) electrons. The highest BCUT2D eigenvalue weighted by Gasteiger charge is 2.28. The van der Waals surface area contributed by atoms with Gasteiger partial charge in [0.2, 0.25) is 0 Å². The van der Waals surface area contributed by atoms with Gasteiger partial charge in [-0.05, 0) is 5.92 Å². The average Bonchev–Trinajstić information content (AvgIpc) is 2.37. The van der Waals surface area contributed by atoms with Crippen LogP contribution in [-0.2, 0) is 14.3 Å². The van der Waals surface area contributed by atoms with Crippen LogP contribution in [0.1, 0.15) is 20.3 Å². The lowest BCUT2D eigenvalue weighted by molar-refractivity contribution is -0.139. The minimum absolute atomic E-state index is 0.0999. The van der Waals surface area contributed by atoms with Crippen LogP contribution < -0.4 is 5.32 Å². The van der Waals surface area contributed by atoms with Gasteiger partial charge in [0, 0.05) is 19.7 Å². The molecule has 1 rings (SSSR count). The summed E-state index contributed by atoms with van der Waals surface area (Å²) in [5.74, 6) is -0.469. The molecule has 0 aromatic carbocycles.